The highest BCUT2D eigenvalue weighted by atomic mass is 16.7. The second kappa shape index (κ2) is 5.72. The lowest BCUT2D eigenvalue weighted by Crippen LogP contribution is -2.60. The summed E-state index contributed by atoms with van der Waals surface area (Å²) in [6, 6.07) is 6.07. The van der Waals surface area contributed by atoms with Crippen molar-refractivity contribution in [2.75, 3.05) is 6.61 Å². The minimum atomic E-state index is -1.60. The van der Waals surface area contributed by atoms with Crippen molar-refractivity contribution < 1.29 is 35.0 Å². The predicted octanol–water partition coefficient (Wildman–Crippen LogP) is -1.43. The molecule has 7 heteroatoms. The Labute approximate surface area is 109 Å². The summed E-state index contributed by atoms with van der Waals surface area (Å²) in [5, 5.41) is 47.5. The summed E-state index contributed by atoms with van der Waals surface area (Å²) in [6.07, 6.45) is -6.75. The molecule has 1 saturated heterocycles. The number of aromatic hydroxyl groups is 1. The lowest BCUT2D eigenvalue weighted by atomic mass is 9.99. The average molecular weight is 272 g/mol. The van der Waals surface area contributed by atoms with E-state index in [9.17, 15) is 20.4 Å². The summed E-state index contributed by atoms with van der Waals surface area (Å²) >= 11 is 0. The third kappa shape index (κ3) is 2.80. The summed E-state index contributed by atoms with van der Waals surface area (Å²) in [5.74, 6) is -0.0656. The standard InChI is InChI=1S/C12H16O7/c13-5-8-11(9(15)10(16)12(17)19-8)18-7-4-2-1-3-6(7)14/h1-4,8-17H,5H2/t8-,9-,10-,11-,12+/m1/s1. The van der Waals surface area contributed by atoms with E-state index in [1.165, 1.54) is 12.1 Å². The van der Waals surface area contributed by atoms with Gasteiger partial charge in [0.25, 0.3) is 0 Å². The second-order valence-electron chi connectivity index (χ2n) is 4.28. The van der Waals surface area contributed by atoms with Gasteiger partial charge in [-0.3, -0.25) is 0 Å². The molecule has 0 aromatic heterocycles. The highest BCUT2D eigenvalue weighted by molar-refractivity contribution is 5.38. The molecule has 0 radical (unpaired) electrons. The zero-order valence-electron chi connectivity index (χ0n) is 9.96. The van der Waals surface area contributed by atoms with Crippen molar-refractivity contribution >= 4 is 0 Å². The molecule has 1 aliphatic rings. The van der Waals surface area contributed by atoms with Crippen LogP contribution in [0.4, 0.5) is 0 Å². The van der Waals surface area contributed by atoms with Gasteiger partial charge in [0.1, 0.15) is 18.3 Å². The van der Waals surface area contributed by atoms with E-state index in [-0.39, 0.29) is 11.5 Å². The molecular weight excluding hydrogens is 256 g/mol. The van der Waals surface area contributed by atoms with E-state index >= 15 is 0 Å². The van der Waals surface area contributed by atoms with Crippen molar-refractivity contribution in [2.45, 2.75) is 30.7 Å². The largest absolute Gasteiger partial charge is 0.504 e. The van der Waals surface area contributed by atoms with E-state index in [1.54, 1.807) is 12.1 Å². The molecule has 106 valence electrons. The highest BCUT2D eigenvalue weighted by Crippen LogP contribution is 2.30. The number of rotatable bonds is 3. The molecule has 1 heterocycles. The summed E-state index contributed by atoms with van der Waals surface area (Å²) in [7, 11) is 0. The number of phenols is 1. The van der Waals surface area contributed by atoms with Gasteiger partial charge >= 0.3 is 0 Å². The molecule has 7 nitrogen and oxygen atoms in total. The Morgan fingerprint density at radius 1 is 1.11 bits per heavy atom. The zero-order valence-corrected chi connectivity index (χ0v) is 9.96. The molecule has 0 spiro atoms. The molecule has 1 aliphatic heterocycles. The third-order valence-electron chi connectivity index (χ3n) is 2.97. The first-order chi connectivity index (χ1) is 9.04. The summed E-state index contributed by atoms with van der Waals surface area (Å²) in [6.45, 7) is -0.515. The fourth-order valence-electron chi connectivity index (χ4n) is 1.92. The van der Waals surface area contributed by atoms with Gasteiger partial charge in [0.2, 0.25) is 0 Å². The molecule has 1 fully saturated rings. The monoisotopic (exact) mass is 272 g/mol. The van der Waals surface area contributed by atoms with Crippen LogP contribution in [0.15, 0.2) is 24.3 Å². The van der Waals surface area contributed by atoms with E-state index in [0.29, 0.717) is 0 Å². The van der Waals surface area contributed by atoms with E-state index in [4.69, 9.17) is 14.6 Å². The number of aliphatic hydroxyl groups is 4. The molecule has 0 amide bonds. The Bertz CT molecular complexity index is 422. The number of para-hydroxylation sites is 2. The van der Waals surface area contributed by atoms with Crippen molar-refractivity contribution in [1.29, 1.82) is 0 Å². The molecule has 19 heavy (non-hydrogen) atoms. The maximum Gasteiger partial charge on any atom is 0.184 e. The molecule has 2 rings (SSSR count). The lowest BCUT2D eigenvalue weighted by Gasteiger charge is -2.40. The van der Waals surface area contributed by atoms with Gasteiger partial charge in [0.15, 0.2) is 23.9 Å². The third-order valence-corrected chi connectivity index (χ3v) is 2.97. The van der Waals surface area contributed by atoms with Gasteiger partial charge in [-0.1, -0.05) is 12.1 Å². The maximum absolute atomic E-state index is 9.85. The van der Waals surface area contributed by atoms with Gasteiger partial charge < -0.3 is 35.0 Å². The molecule has 0 aliphatic carbocycles. The number of benzene rings is 1. The summed E-state index contributed by atoms with van der Waals surface area (Å²) < 4.78 is 10.3. The first-order valence-electron chi connectivity index (χ1n) is 5.79. The summed E-state index contributed by atoms with van der Waals surface area (Å²) in [4.78, 5) is 0. The fraction of sp³-hybridized carbons (Fsp3) is 0.500. The molecule has 0 saturated carbocycles. The maximum atomic E-state index is 9.85. The molecule has 1 aromatic carbocycles. The fourth-order valence-corrected chi connectivity index (χ4v) is 1.92. The smallest absolute Gasteiger partial charge is 0.184 e. The van der Waals surface area contributed by atoms with Crippen LogP contribution in [0.25, 0.3) is 0 Å². The Balaban J connectivity index is 2.19. The molecule has 0 bridgehead atoms. The SMILES string of the molecule is OC[C@H]1O[C@H](O)[C@H](O)[C@@H](O)[C@@H]1Oc1ccccc1O. The van der Waals surface area contributed by atoms with Crippen LogP contribution in [-0.4, -0.2) is 62.8 Å². The van der Waals surface area contributed by atoms with Crippen molar-refractivity contribution in [2.24, 2.45) is 0 Å². The van der Waals surface area contributed by atoms with Gasteiger partial charge in [-0.05, 0) is 12.1 Å². The van der Waals surface area contributed by atoms with Gasteiger partial charge in [-0.25, -0.2) is 0 Å². The molecule has 5 N–H and O–H groups in total. The van der Waals surface area contributed by atoms with Crippen molar-refractivity contribution in [3.8, 4) is 11.5 Å². The Hall–Kier alpha value is -1.38. The number of hydrogen-bond donors (Lipinski definition) is 5. The van der Waals surface area contributed by atoms with E-state index in [2.05, 4.69) is 0 Å². The highest BCUT2D eigenvalue weighted by Gasteiger charge is 2.45. The van der Waals surface area contributed by atoms with Crippen LogP contribution in [0.2, 0.25) is 0 Å². The van der Waals surface area contributed by atoms with Crippen LogP contribution in [0, 0.1) is 0 Å². The van der Waals surface area contributed by atoms with Gasteiger partial charge in [-0.2, -0.15) is 0 Å². The van der Waals surface area contributed by atoms with Crippen LogP contribution < -0.4 is 4.74 Å². The van der Waals surface area contributed by atoms with Gasteiger partial charge in [0, 0.05) is 0 Å². The van der Waals surface area contributed by atoms with Crippen molar-refractivity contribution in [1.82, 2.24) is 0 Å². The minimum absolute atomic E-state index is 0.0807. The Morgan fingerprint density at radius 2 is 1.79 bits per heavy atom. The number of ether oxygens (including phenoxy) is 2. The second-order valence-corrected chi connectivity index (χ2v) is 4.28. The van der Waals surface area contributed by atoms with Gasteiger partial charge in [-0.15, -0.1) is 0 Å². The quantitative estimate of drug-likeness (QED) is 0.457. The van der Waals surface area contributed by atoms with E-state index < -0.39 is 37.3 Å². The first kappa shape index (κ1) is 14.0. The molecule has 5 atom stereocenters. The minimum Gasteiger partial charge on any atom is -0.504 e. The summed E-state index contributed by atoms with van der Waals surface area (Å²) in [5.41, 5.74) is 0. The van der Waals surface area contributed by atoms with Crippen LogP contribution in [0.3, 0.4) is 0 Å². The van der Waals surface area contributed by atoms with Crippen molar-refractivity contribution in [3.63, 3.8) is 0 Å². The number of hydrogen-bond acceptors (Lipinski definition) is 7. The van der Waals surface area contributed by atoms with E-state index in [0.717, 1.165) is 0 Å². The Kier molecular flexibility index (Phi) is 4.23. The number of phenolic OH excluding ortho intramolecular Hbond substituents is 1. The molecular formula is C12H16O7. The lowest BCUT2D eigenvalue weighted by molar-refractivity contribution is -0.282. The molecule has 1 aromatic rings. The zero-order chi connectivity index (χ0) is 14.0. The Morgan fingerprint density at radius 3 is 2.42 bits per heavy atom. The van der Waals surface area contributed by atoms with Gasteiger partial charge in [0.05, 0.1) is 6.61 Å². The van der Waals surface area contributed by atoms with Crippen LogP contribution in [0.1, 0.15) is 0 Å². The predicted molar refractivity (Wildman–Crippen MR) is 62.5 cm³/mol. The van der Waals surface area contributed by atoms with Crippen LogP contribution in [0.5, 0.6) is 11.5 Å². The average Bonchev–Trinajstić information content (AvgIpc) is 2.41. The van der Waals surface area contributed by atoms with E-state index in [1.807, 2.05) is 0 Å². The first-order valence-corrected chi connectivity index (χ1v) is 5.79. The topological polar surface area (TPSA) is 120 Å². The van der Waals surface area contributed by atoms with Crippen LogP contribution >= 0.6 is 0 Å². The van der Waals surface area contributed by atoms with Crippen LogP contribution in [-0.2, 0) is 4.74 Å². The number of aliphatic hydroxyl groups excluding tert-OH is 4. The normalized spacial score (nSPS) is 35.1. The molecule has 0 unspecified atom stereocenters. The van der Waals surface area contributed by atoms with Crippen molar-refractivity contribution in [3.05, 3.63) is 24.3 Å².